The van der Waals surface area contributed by atoms with Crippen molar-refractivity contribution in [1.29, 1.82) is 0 Å². The fraction of sp³-hybridized carbons (Fsp3) is 0.312. The summed E-state index contributed by atoms with van der Waals surface area (Å²) >= 11 is 5.83. The van der Waals surface area contributed by atoms with Crippen LogP contribution >= 0.6 is 11.6 Å². The molecule has 1 aromatic rings. The number of amides is 2. The number of carbonyl (C=O) groups is 2. The molecule has 2 amide bonds. The van der Waals surface area contributed by atoms with Gasteiger partial charge in [-0.3, -0.25) is 9.59 Å². The Bertz CT molecular complexity index is 821. The van der Waals surface area contributed by atoms with Crippen LogP contribution in [0.2, 0.25) is 5.15 Å². The Balaban J connectivity index is 2.28. The number of fused-ring (bicyclic) bond motifs is 1. The zero-order valence-corrected chi connectivity index (χ0v) is 14.7. The predicted octanol–water partition coefficient (Wildman–Crippen LogP) is 2.13. The quantitative estimate of drug-likeness (QED) is 0.634. The second-order valence-electron chi connectivity index (χ2n) is 6.02. The summed E-state index contributed by atoms with van der Waals surface area (Å²) in [6.45, 7) is 6.54. The molecule has 1 aromatic heterocycles. The number of rotatable bonds is 3. The highest BCUT2D eigenvalue weighted by molar-refractivity contribution is 6.29. The van der Waals surface area contributed by atoms with Crippen molar-refractivity contribution in [2.75, 3.05) is 11.6 Å². The maximum absolute atomic E-state index is 13.8. The van der Waals surface area contributed by atoms with E-state index in [1.807, 2.05) is 26.8 Å². The molecule has 0 radical (unpaired) electrons. The van der Waals surface area contributed by atoms with Crippen molar-refractivity contribution in [2.45, 2.75) is 20.8 Å². The third-order valence-corrected chi connectivity index (χ3v) is 4.27. The lowest BCUT2D eigenvalue weighted by Gasteiger charge is -2.41. The SMILES string of the molecule is CC1=CCNC(C(C)C)=C1N1c2nc(Cl)c(F)cc2C(=O)NN1C=O. The standard InChI is InChI=1S/C16H17ClFN5O2/c1-8(2)12-13(9(3)4-5-19-12)23-15-10(6-11(18)14(17)20-15)16(25)21-22(23)7-24/h4,6-8,19H,5H2,1-3H3,(H,21,25). The smallest absolute Gasteiger partial charge is 0.275 e. The van der Waals surface area contributed by atoms with Crippen LogP contribution in [0.1, 0.15) is 31.1 Å². The van der Waals surface area contributed by atoms with Crippen LogP contribution in [0.3, 0.4) is 0 Å². The molecule has 0 aromatic carbocycles. The lowest BCUT2D eigenvalue weighted by Crippen LogP contribution is -2.57. The Kier molecular flexibility index (Phi) is 4.38. The molecule has 0 saturated carbocycles. The van der Waals surface area contributed by atoms with Gasteiger partial charge in [-0.25, -0.2) is 19.8 Å². The van der Waals surface area contributed by atoms with Gasteiger partial charge in [0.25, 0.3) is 5.91 Å². The van der Waals surface area contributed by atoms with Gasteiger partial charge in [-0.1, -0.05) is 31.5 Å². The number of pyridine rings is 1. The van der Waals surface area contributed by atoms with E-state index in [1.165, 1.54) is 5.01 Å². The number of anilines is 1. The number of dihydropyridines is 1. The number of hydrazine groups is 2. The summed E-state index contributed by atoms with van der Waals surface area (Å²) in [5.74, 6) is -1.24. The molecule has 0 bridgehead atoms. The maximum Gasteiger partial charge on any atom is 0.275 e. The summed E-state index contributed by atoms with van der Waals surface area (Å²) < 4.78 is 13.8. The van der Waals surface area contributed by atoms with Crippen LogP contribution < -0.4 is 15.8 Å². The average Bonchev–Trinajstić information content (AvgIpc) is 2.57. The average molecular weight is 366 g/mol. The highest BCUT2D eigenvalue weighted by Crippen LogP contribution is 2.35. The van der Waals surface area contributed by atoms with Gasteiger partial charge in [0.15, 0.2) is 16.8 Å². The monoisotopic (exact) mass is 365 g/mol. The van der Waals surface area contributed by atoms with E-state index in [9.17, 15) is 14.0 Å². The number of halogens is 2. The molecule has 2 aliphatic heterocycles. The van der Waals surface area contributed by atoms with Crippen molar-refractivity contribution < 1.29 is 14.0 Å². The van der Waals surface area contributed by atoms with Gasteiger partial charge in [0, 0.05) is 12.2 Å². The third-order valence-electron chi connectivity index (χ3n) is 4.01. The molecule has 0 unspecified atom stereocenters. The molecule has 132 valence electrons. The van der Waals surface area contributed by atoms with E-state index in [0.717, 1.165) is 22.5 Å². The van der Waals surface area contributed by atoms with Crippen molar-refractivity contribution in [1.82, 2.24) is 20.8 Å². The van der Waals surface area contributed by atoms with E-state index in [0.29, 0.717) is 18.7 Å². The fourth-order valence-electron chi connectivity index (χ4n) is 2.86. The number of hydrogen-bond donors (Lipinski definition) is 2. The lowest BCUT2D eigenvalue weighted by molar-refractivity contribution is -0.120. The van der Waals surface area contributed by atoms with E-state index < -0.39 is 11.7 Å². The van der Waals surface area contributed by atoms with Gasteiger partial charge in [0.1, 0.15) is 0 Å². The Morgan fingerprint density at radius 2 is 2.16 bits per heavy atom. The maximum atomic E-state index is 13.8. The lowest BCUT2D eigenvalue weighted by atomic mass is 10.00. The first kappa shape index (κ1) is 17.2. The molecule has 7 nitrogen and oxygen atoms in total. The highest BCUT2D eigenvalue weighted by atomic mass is 35.5. The van der Waals surface area contributed by atoms with E-state index in [1.54, 1.807) is 0 Å². The highest BCUT2D eigenvalue weighted by Gasteiger charge is 2.36. The molecule has 0 aliphatic carbocycles. The summed E-state index contributed by atoms with van der Waals surface area (Å²) in [5, 5.41) is 5.32. The molecule has 25 heavy (non-hydrogen) atoms. The molecule has 0 saturated heterocycles. The van der Waals surface area contributed by atoms with Crippen molar-refractivity contribution in [3.63, 3.8) is 0 Å². The zero-order chi connectivity index (χ0) is 18.3. The number of nitrogens with zero attached hydrogens (tertiary/aromatic N) is 3. The van der Waals surface area contributed by atoms with Gasteiger partial charge in [-0.2, -0.15) is 5.12 Å². The van der Waals surface area contributed by atoms with Gasteiger partial charge >= 0.3 is 0 Å². The molecule has 2 N–H and O–H groups in total. The Morgan fingerprint density at radius 3 is 2.80 bits per heavy atom. The van der Waals surface area contributed by atoms with Crippen molar-refractivity contribution >= 4 is 29.7 Å². The molecule has 0 spiro atoms. The van der Waals surface area contributed by atoms with Crippen LogP contribution in [0.5, 0.6) is 0 Å². The van der Waals surface area contributed by atoms with Gasteiger partial charge in [-0.15, -0.1) is 0 Å². The van der Waals surface area contributed by atoms with Crippen LogP contribution in [0, 0.1) is 11.7 Å². The van der Waals surface area contributed by atoms with Crippen LogP contribution in [0.15, 0.2) is 29.1 Å². The molecule has 9 heteroatoms. The first-order chi connectivity index (χ1) is 11.8. The molecule has 0 fully saturated rings. The van der Waals surface area contributed by atoms with Crippen LogP contribution in [0.4, 0.5) is 10.2 Å². The van der Waals surface area contributed by atoms with Gasteiger partial charge in [-0.05, 0) is 24.5 Å². The molecule has 3 rings (SSSR count). The summed E-state index contributed by atoms with van der Waals surface area (Å²) in [5.41, 5.74) is 4.82. The van der Waals surface area contributed by atoms with Crippen LogP contribution in [0.25, 0.3) is 0 Å². The molecular formula is C16H17ClFN5O2. The fourth-order valence-corrected chi connectivity index (χ4v) is 2.99. The number of nitrogens with one attached hydrogen (secondary N) is 2. The number of carbonyl (C=O) groups excluding carboxylic acids is 2. The minimum Gasteiger partial charge on any atom is -0.383 e. The largest absolute Gasteiger partial charge is 0.383 e. The summed E-state index contributed by atoms with van der Waals surface area (Å²) in [4.78, 5) is 27.8. The Labute approximate surface area is 149 Å². The minimum atomic E-state index is -0.804. The van der Waals surface area contributed by atoms with Crippen molar-refractivity contribution in [3.8, 4) is 0 Å². The summed E-state index contributed by atoms with van der Waals surface area (Å²) in [6, 6.07) is 1.01. The third kappa shape index (κ3) is 2.82. The molecule has 2 aliphatic rings. The van der Waals surface area contributed by atoms with E-state index in [-0.39, 0.29) is 22.5 Å². The summed E-state index contributed by atoms with van der Waals surface area (Å²) in [6.07, 6.45) is 2.40. The number of aromatic nitrogens is 1. The van der Waals surface area contributed by atoms with E-state index >= 15 is 0 Å². The van der Waals surface area contributed by atoms with Crippen LogP contribution in [-0.2, 0) is 4.79 Å². The first-order valence-corrected chi connectivity index (χ1v) is 8.09. The molecule has 0 atom stereocenters. The Hall–Kier alpha value is -2.61. The van der Waals surface area contributed by atoms with Gasteiger partial charge in [0.05, 0.1) is 11.3 Å². The van der Waals surface area contributed by atoms with E-state index in [2.05, 4.69) is 15.7 Å². The van der Waals surface area contributed by atoms with E-state index in [4.69, 9.17) is 11.6 Å². The van der Waals surface area contributed by atoms with Gasteiger partial charge in [0.2, 0.25) is 6.41 Å². The second kappa shape index (κ2) is 6.36. The van der Waals surface area contributed by atoms with Crippen molar-refractivity contribution in [3.05, 3.63) is 45.6 Å². The molecule has 3 heterocycles. The minimum absolute atomic E-state index is 0.00557. The normalized spacial score (nSPS) is 17.2. The predicted molar refractivity (Wildman–Crippen MR) is 90.7 cm³/mol. The Morgan fingerprint density at radius 1 is 1.44 bits per heavy atom. The zero-order valence-electron chi connectivity index (χ0n) is 13.9. The van der Waals surface area contributed by atoms with Crippen LogP contribution in [-0.4, -0.2) is 29.0 Å². The van der Waals surface area contributed by atoms with Crippen molar-refractivity contribution in [2.24, 2.45) is 5.92 Å². The number of hydrogen-bond acceptors (Lipinski definition) is 5. The first-order valence-electron chi connectivity index (χ1n) is 7.72. The number of allylic oxidation sites excluding steroid dienone is 2. The molecular weight excluding hydrogens is 349 g/mol. The second-order valence-corrected chi connectivity index (χ2v) is 6.38. The van der Waals surface area contributed by atoms with Gasteiger partial charge < -0.3 is 5.32 Å². The summed E-state index contributed by atoms with van der Waals surface area (Å²) in [7, 11) is 0. The topological polar surface area (TPSA) is 77.6 Å².